The second kappa shape index (κ2) is 6.42. The van der Waals surface area contributed by atoms with Gasteiger partial charge in [-0.3, -0.25) is 4.79 Å². The van der Waals surface area contributed by atoms with Crippen LogP contribution in [-0.4, -0.2) is 25.5 Å². The lowest BCUT2D eigenvalue weighted by Crippen LogP contribution is -2.00. The van der Waals surface area contributed by atoms with Gasteiger partial charge in [0.2, 0.25) is 5.88 Å². The fraction of sp³-hybridized carbons (Fsp3) is 0.143. The van der Waals surface area contributed by atoms with Crippen LogP contribution in [0, 0.1) is 0 Å². The number of carbonyl (C=O) groups is 1. The van der Waals surface area contributed by atoms with Gasteiger partial charge >= 0.3 is 0 Å². The molecule has 0 radical (unpaired) electrons. The lowest BCUT2D eigenvalue weighted by molar-refractivity contribution is 0.0988. The molecule has 2 aromatic heterocycles. The van der Waals surface area contributed by atoms with E-state index in [1.807, 2.05) is 37.3 Å². The molecule has 28 heavy (non-hydrogen) atoms. The summed E-state index contributed by atoms with van der Waals surface area (Å²) in [6.45, 7) is 1.99. The van der Waals surface area contributed by atoms with E-state index in [0.29, 0.717) is 39.7 Å². The van der Waals surface area contributed by atoms with Crippen molar-refractivity contribution in [3.8, 4) is 17.3 Å². The monoisotopic (exact) mass is 390 g/mol. The van der Waals surface area contributed by atoms with Crippen molar-refractivity contribution in [2.75, 3.05) is 0 Å². The second-order valence-corrected chi connectivity index (χ2v) is 7.18. The molecular weight excluding hydrogens is 376 g/mol. The van der Waals surface area contributed by atoms with Crippen LogP contribution in [0.5, 0.6) is 11.6 Å². The fourth-order valence-corrected chi connectivity index (χ4v) is 4.02. The van der Waals surface area contributed by atoms with Gasteiger partial charge in [0.25, 0.3) is 0 Å². The van der Waals surface area contributed by atoms with E-state index in [9.17, 15) is 4.79 Å². The van der Waals surface area contributed by atoms with Gasteiger partial charge in [0.05, 0.1) is 17.4 Å². The van der Waals surface area contributed by atoms with E-state index in [1.54, 1.807) is 23.0 Å². The highest BCUT2D eigenvalue weighted by Crippen LogP contribution is 2.43. The molecule has 0 bridgehead atoms. The van der Waals surface area contributed by atoms with Crippen molar-refractivity contribution in [2.24, 2.45) is 0 Å². The van der Waals surface area contributed by atoms with Crippen molar-refractivity contribution < 1.29 is 9.53 Å². The molecule has 0 unspecified atom stereocenters. The molecule has 0 spiro atoms. The molecule has 4 aromatic rings. The molecule has 1 atom stereocenters. The Morgan fingerprint density at radius 2 is 1.96 bits per heavy atom. The number of benzene rings is 2. The number of nitrogens with zero attached hydrogens (tertiary/aromatic N) is 4. The SMILES string of the molecule is C[C@@H]1CC(=O)c2c(Oc3ncnc4c3cnn4-c3ccccc3)ccc(Cl)c21. The molecule has 7 heteroatoms. The molecule has 0 fully saturated rings. The summed E-state index contributed by atoms with van der Waals surface area (Å²) in [5.74, 6) is 0.917. The van der Waals surface area contributed by atoms with Crippen LogP contribution in [0.1, 0.15) is 35.2 Å². The molecule has 0 amide bonds. The Morgan fingerprint density at radius 3 is 2.79 bits per heavy atom. The molecule has 2 aromatic carbocycles. The average molecular weight is 391 g/mol. The van der Waals surface area contributed by atoms with Crippen LogP contribution in [-0.2, 0) is 0 Å². The highest BCUT2D eigenvalue weighted by Gasteiger charge is 2.32. The molecule has 138 valence electrons. The van der Waals surface area contributed by atoms with E-state index in [4.69, 9.17) is 16.3 Å². The van der Waals surface area contributed by atoms with Crippen LogP contribution in [0.2, 0.25) is 5.02 Å². The molecule has 0 saturated carbocycles. The predicted octanol–water partition coefficient (Wildman–Crippen LogP) is 4.95. The summed E-state index contributed by atoms with van der Waals surface area (Å²) in [7, 11) is 0. The third-order valence-corrected chi connectivity index (χ3v) is 5.28. The number of hydrogen-bond acceptors (Lipinski definition) is 5. The minimum Gasteiger partial charge on any atom is -0.437 e. The minimum absolute atomic E-state index is 0.0327. The van der Waals surface area contributed by atoms with Crippen LogP contribution in [0.4, 0.5) is 0 Å². The maximum atomic E-state index is 12.5. The van der Waals surface area contributed by atoms with Gasteiger partial charge in [0, 0.05) is 11.4 Å². The lowest BCUT2D eigenvalue weighted by Gasteiger charge is -2.12. The van der Waals surface area contributed by atoms with Crippen LogP contribution < -0.4 is 4.74 Å². The van der Waals surface area contributed by atoms with Crippen molar-refractivity contribution in [3.63, 3.8) is 0 Å². The number of ketones is 1. The minimum atomic E-state index is 0.0327. The van der Waals surface area contributed by atoms with Gasteiger partial charge < -0.3 is 4.74 Å². The average Bonchev–Trinajstić information content (AvgIpc) is 3.27. The van der Waals surface area contributed by atoms with Gasteiger partial charge in [-0.25, -0.2) is 14.6 Å². The maximum Gasteiger partial charge on any atom is 0.233 e. The Kier molecular flexibility index (Phi) is 3.87. The lowest BCUT2D eigenvalue weighted by atomic mass is 10.0. The van der Waals surface area contributed by atoms with Gasteiger partial charge in [0.15, 0.2) is 11.4 Å². The van der Waals surface area contributed by atoms with Gasteiger partial charge in [-0.15, -0.1) is 0 Å². The topological polar surface area (TPSA) is 69.9 Å². The Bertz CT molecular complexity index is 1220. The summed E-state index contributed by atoms with van der Waals surface area (Å²) >= 11 is 6.32. The third kappa shape index (κ3) is 2.57. The number of fused-ring (bicyclic) bond motifs is 2. The van der Waals surface area contributed by atoms with Gasteiger partial charge in [-0.2, -0.15) is 5.10 Å². The van der Waals surface area contributed by atoms with Gasteiger partial charge in [-0.1, -0.05) is 36.7 Å². The first kappa shape index (κ1) is 16.9. The number of Topliss-reactive ketones (excluding diaryl/α,β-unsaturated/α-hetero) is 1. The van der Waals surface area contributed by atoms with Gasteiger partial charge in [-0.05, 0) is 35.7 Å². The standard InChI is InChI=1S/C21H15ClN4O2/c1-12-9-16(27)19-17(8-7-15(22)18(12)19)28-21-14-10-25-26(20(14)23-11-24-21)13-5-3-2-4-6-13/h2-8,10-12H,9H2,1H3/t12-/m1/s1. The van der Waals surface area contributed by atoms with Crippen molar-refractivity contribution in [3.05, 3.63) is 71.1 Å². The van der Waals surface area contributed by atoms with E-state index in [0.717, 1.165) is 11.3 Å². The number of rotatable bonds is 3. The fourth-order valence-electron chi connectivity index (χ4n) is 3.68. The quantitative estimate of drug-likeness (QED) is 0.495. The van der Waals surface area contributed by atoms with Crippen molar-refractivity contribution in [2.45, 2.75) is 19.3 Å². The second-order valence-electron chi connectivity index (χ2n) is 6.77. The van der Waals surface area contributed by atoms with E-state index in [2.05, 4.69) is 15.1 Å². The predicted molar refractivity (Wildman–Crippen MR) is 106 cm³/mol. The Hall–Kier alpha value is -3.25. The summed E-state index contributed by atoms with van der Waals surface area (Å²) in [4.78, 5) is 21.1. The molecular formula is C21H15ClN4O2. The zero-order valence-corrected chi connectivity index (χ0v) is 15.7. The molecule has 0 N–H and O–H groups in total. The molecule has 1 aliphatic carbocycles. The third-order valence-electron chi connectivity index (χ3n) is 4.95. The van der Waals surface area contributed by atoms with Crippen LogP contribution >= 0.6 is 11.6 Å². The molecule has 0 aliphatic heterocycles. The Balaban J connectivity index is 1.61. The Labute approximate surface area is 165 Å². The maximum absolute atomic E-state index is 12.5. The normalized spacial score (nSPS) is 15.8. The number of para-hydroxylation sites is 1. The van der Waals surface area contributed by atoms with Crippen LogP contribution in [0.3, 0.4) is 0 Å². The largest absolute Gasteiger partial charge is 0.437 e. The summed E-state index contributed by atoms with van der Waals surface area (Å²) in [5, 5.41) is 5.68. The van der Waals surface area contributed by atoms with E-state index in [-0.39, 0.29) is 11.7 Å². The smallest absolute Gasteiger partial charge is 0.233 e. The van der Waals surface area contributed by atoms with Crippen molar-refractivity contribution in [1.29, 1.82) is 0 Å². The van der Waals surface area contributed by atoms with Crippen molar-refractivity contribution in [1.82, 2.24) is 19.7 Å². The first-order chi connectivity index (χ1) is 13.6. The van der Waals surface area contributed by atoms with E-state index < -0.39 is 0 Å². The molecule has 0 saturated heterocycles. The van der Waals surface area contributed by atoms with Crippen LogP contribution in [0.25, 0.3) is 16.7 Å². The number of hydrogen-bond donors (Lipinski definition) is 0. The van der Waals surface area contributed by atoms with Crippen molar-refractivity contribution >= 4 is 28.4 Å². The first-order valence-electron chi connectivity index (χ1n) is 8.91. The highest BCUT2D eigenvalue weighted by molar-refractivity contribution is 6.32. The van der Waals surface area contributed by atoms with E-state index >= 15 is 0 Å². The zero-order valence-electron chi connectivity index (χ0n) is 15.0. The summed E-state index contributed by atoms with van der Waals surface area (Å²) in [6, 6.07) is 13.2. The number of carbonyl (C=O) groups excluding carboxylic acids is 1. The summed E-state index contributed by atoms with van der Waals surface area (Å²) in [5.41, 5.74) is 2.90. The number of ether oxygens (including phenoxy) is 1. The first-order valence-corrected chi connectivity index (χ1v) is 9.29. The van der Waals surface area contributed by atoms with Gasteiger partial charge in [0.1, 0.15) is 17.5 Å². The van der Waals surface area contributed by atoms with E-state index in [1.165, 1.54) is 6.33 Å². The Morgan fingerprint density at radius 1 is 1.14 bits per heavy atom. The molecule has 6 nitrogen and oxygen atoms in total. The summed E-state index contributed by atoms with van der Waals surface area (Å²) < 4.78 is 7.80. The van der Waals surface area contributed by atoms with Crippen LogP contribution in [0.15, 0.2) is 55.0 Å². The number of halogens is 1. The summed E-state index contributed by atoms with van der Waals surface area (Å²) in [6.07, 6.45) is 3.53. The zero-order chi connectivity index (χ0) is 19.3. The highest BCUT2D eigenvalue weighted by atomic mass is 35.5. The molecule has 1 aliphatic rings. The number of aromatic nitrogens is 4. The molecule has 2 heterocycles. The molecule has 5 rings (SSSR count).